The number of hydrogen-bond acceptors (Lipinski definition) is 5. The van der Waals surface area contributed by atoms with Crippen LogP contribution in [-0.4, -0.2) is 53.6 Å². The number of halogens is 3. The van der Waals surface area contributed by atoms with Crippen molar-refractivity contribution in [2.24, 2.45) is 0 Å². The van der Waals surface area contributed by atoms with Gasteiger partial charge in [-0.25, -0.2) is 4.84 Å². The molecule has 0 bridgehead atoms. The highest BCUT2D eigenvalue weighted by Gasteiger charge is 2.25. The van der Waals surface area contributed by atoms with Gasteiger partial charge < -0.3 is 25.6 Å². The van der Waals surface area contributed by atoms with E-state index in [1.807, 2.05) is 4.90 Å². The number of amides is 2. The van der Waals surface area contributed by atoms with Gasteiger partial charge in [-0.05, 0) is 74.3 Å². The van der Waals surface area contributed by atoms with Crippen LogP contribution in [-0.2, 0) is 4.79 Å². The number of carbonyl (C=O) groups excluding carboxylic acids is 2. The lowest BCUT2D eigenvalue weighted by Gasteiger charge is -2.23. The normalized spacial score (nSPS) is 15.8. The van der Waals surface area contributed by atoms with Gasteiger partial charge in [-0.1, -0.05) is 0 Å². The summed E-state index contributed by atoms with van der Waals surface area (Å²) in [6.07, 6.45) is 0.794. The highest BCUT2D eigenvalue weighted by atomic mass is 79.9. The van der Waals surface area contributed by atoms with Crippen molar-refractivity contribution >= 4 is 72.8 Å². The molecule has 0 unspecified atom stereocenters. The van der Waals surface area contributed by atoms with E-state index in [-0.39, 0.29) is 17.5 Å². The molecule has 30 heavy (non-hydrogen) atoms. The molecule has 1 aliphatic heterocycles. The minimum Gasteiger partial charge on any atom is -0.480 e. The van der Waals surface area contributed by atoms with Gasteiger partial charge in [0.05, 0.1) is 20.5 Å². The van der Waals surface area contributed by atoms with E-state index >= 15 is 0 Å². The first-order chi connectivity index (χ1) is 14.3. The fourth-order valence-corrected chi connectivity index (χ4v) is 3.92. The van der Waals surface area contributed by atoms with Crippen LogP contribution in [0.2, 0.25) is 0 Å². The number of aliphatic carboxylic acids is 1. The van der Waals surface area contributed by atoms with Gasteiger partial charge in [0.15, 0.2) is 0 Å². The van der Waals surface area contributed by atoms with Gasteiger partial charge in [0.25, 0.3) is 11.8 Å². The molecule has 0 spiro atoms. The first-order valence-electron chi connectivity index (χ1n) is 8.89. The van der Waals surface area contributed by atoms with Crippen LogP contribution in [0.1, 0.15) is 27.3 Å². The maximum Gasteiger partial charge on any atom is 0.322 e. The van der Waals surface area contributed by atoms with Crippen LogP contribution in [0.25, 0.3) is 0 Å². The van der Waals surface area contributed by atoms with E-state index in [2.05, 4.69) is 52.3 Å². The van der Waals surface area contributed by atoms with Crippen molar-refractivity contribution in [2.45, 2.75) is 12.5 Å². The van der Waals surface area contributed by atoms with Crippen LogP contribution in [0.5, 0.6) is 0 Å². The monoisotopic (exact) mass is 561 g/mol. The molecular weight excluding hydrogens is 545 g/mol. The third-order valence-electron chi connectivity index (χ3n) is 4.56. The first-order valence-corrected chi connectivity index (χ1v) is 10.9. The molecule has 1 aliphatic rings. The minimum absolute atomic E-state index is 0.0648. The molecule has 1 saturated heterocycles. The molecule has 12 heteroatoms. The second kappa shape index (κ2) is 9.82. The summed E-state index contributed by atoms with van der Waals surface area (Å²) in [6.45, 7) is 0.782. The molecule has 9 nitrogen and oxygen atoms in total. The molecule has 2 aromatic rings. The first kappa shape index (κ1) is 22.6. The Morgan fingerprint density at radius 1 is 1.23 bits per heavy atom. The van der Waals surface area contributed by atoms with Gasteiger partial charge in [-0.15, -0.1) is 0 Å². The predicted molar refractivity (Wildman–Crippen MR) is 120 cm³/mol. The van der Waals surface area contributed by atoms with Gasteiger partial charge in [0.1, 0.15) is 12.2 Å². The van der Waals surface area contributed by atoms with E-state index in [1.165, 1.54) is 6.07 Å². The minimum atomic E-state index is -1.13. The van der Waals surface area contributed by atoms with Gasteiger partial charge in [-0.3, -0.25) is 14.4 Å². The van der Waals surface area contributed by atoms with E-state index in [9.17, 15) is 14.4 Å². The number of rotatable bonds is 7. The number of anilines is 2. The van der Waals surface area contributed by atoms with Crippen molar-refractivity contribution < 1.29 is 19.5 Å². The number of carboxylic acid groups (broad SMARTS) is 1. The fourth-order valence-electron chi connectivity index (χ4n) is 3.08. The van der Waals surface area contributed by atoms with Gasteiger partial charge in [0.2, 0.25) is 0 Å². The van der Waals surface area contributed by atoms with E-state index in [4.69, 9.17) is 16.9 Å². The van der Waals surface area contributed by atoms with Crippen LogP contribution in [0.15, 0.2) is 33.3 Å². The fraction of sp³-hybridized carbons (Fsp3) is 0.278. The zero-order valence-electron chi connectivity index (χ0n) is 15.5. The number of aromatic nitrogens is 1. The molecule has 0 saturated carbocycles. The summed E-state index contributed by atoms with van der Waals surface area (Å²) >= 11 is 12.4. The largest absolute Gasteiger partial charge is 0.480 e. The number of carboxylic acids is 1. The van der Waals surface area contributed by atoms with Crippen LogP contribution >= 0.6 is 43.6 Å². The predicted octanol–water partition coefficient (Wildman–Crippen LogP) is 2.93. The summed E-state index contributed by atoms with van der Waals surface area (Å²) in [7, 11) is 0. The number of nitrogens with zero attached hydrogens (tertiary/aromatic N) is 1. The second-order valence-corrected chi connectivity index (χ2v) is 8.51. The second-order valence-electron chi connectivity index (χ2n) is 6.65. The van der Waals surface area contributed by atoms with Crippen LogP contribution in [0, 0.1) is 0 Å². The van der Waals surface area contributed by atoms with Gasteiger partial charge in [0, 0.05) is 24.7 Å². The molecule has 0 radical (unpaired) electrons. The van der Waals surface area contributed by atoms with Gasteiger partial charge in [-0.2, -0.15) is 0 Å². The lowest BCUT2D eigenvalue weighted by molar-refractivity contribution is -0.135. The summed E-state index contributed by atoms with van der Waals surface area (Å²) in [6, 6.07) is 6.50. The van der Waals surface area contributed by atoms with Crippen molar-refractivity contribution in [3.63, 3.8) is 0 Å². The number of aromatic amines is 1. The number of hydrogen-bond donors (Lipinski definition) is 5. The Labute approximate surface area is 193 Å². The smallest absolute Gasteiger partial charge is 0.322 e. The van der Waals surface area contributed by atoms with E-state index < -0.39 is 18.4 Å². The number of nitrogens with one attached hydrogen (secondary N) is 4. The zero-order chi connectivity index (χ0) is 21.8. The highest BCUT2D eigenvalue weighted by molar-refractivity contribution is 9.13. The third-order valence-corrected chi connectivity index (χ3v) is 6.65. The van der Waals surface area contributed by atoms with Crippen molar-refractivity contribution in [1.82, 2.24) is 15.1 Å². The Kier molecular flexibility index (Phi) is 7.40. The Morgan fingerprint density at radius 2 is 2.00 bits per heavy atom. The molecule has 2 amide bonds. The Bertz CT molecular complexity index is 964. The summed E-state index contributed by atoms with van der Waals surface area (Å²) in [5.74, 6) is -2.00. The number of carbonyl (C=O) groups is 3. The SMILES string of the molecule is O=C(O)CNC(=O)c1ccc(NC(=O)c2cc(Br)c(Br)[nH]2)c(N2CC[C@@H](NCl)C2)c1. The molecule has 3 rings (SSSR count). The lowest BCUT2D eigenvalue weighted by atomic mass is 10.1. The molecule has 160 valence electrons. The summed E-state index contributed by atoms with van der Waals surface area (Å²) in [5.41, 5.74) is 1.80. The average Bonchev–Trinajstić information content (AvgIpc) is 3.33. The van der Waals surface area contributed by atoms with Crippen LogP contribution in [0.4, 0.5) is 11.4 Å². The quantitative estimate of drug-likeness (QED) is 0.330. The maximum absolute atomic E-state index is 12.7. The lowest BCUT2D eigenvalue weighted by Crippen LogP contribution is -2.30. The molecule has 1 fully saturated rings. The summed E-state index contributed by atoms with van der Waals surface area (Å²) < 4.78 is 1.36. The van der Waals surface area contributed by atoms with Crippen LogP contribution in [0.3, 0.4) is 0 Å². The Balaban J connectivity index is 1.88. The van der Waals surface area contributed by atoms with Crippen molar-refractivity contribution in [3.8, 4) is 0 Å². The summed E-state index contributed by atoms with van der Waals surface area (Å²) in [4.78, 5) is 43.3. The topological polar surface area (TPSA) is 127 Å². The van der Waals surface area contributed by atoms with E-state index in [0.717, 1.165) is 6.42 Å². The standard InChI is InChI=1S/C18H18Br2ClN5O4/c19-11-6-13(23-16(11)20)18(30)24-12-2-1-9(17(29)22-7-15(27)28)5-14(12)26-4-3-10(8-26)25-21/h1-2,5-6,10,23,25H,3-4,7-8H2,(H,22,29)(H,24,30)(H,27,28)/t10-/m1/s1. The van der Waals surface area contributed by atoms with Crippen molar-refractivity contribution in [1.29, 1.82) is 0 Å². The highest BCUT2D eigenvalue weighted by Crippen LogP contribution is 2.31. The molecule has 5 N–H and O–H groups in total. The average molecular weight is 564 g/mol. The Morgan fingerprint density at radius 3 is 2.60 bits per heavy atom. The Hall–Kier alpha value is -2.08. The molecule has 2 heterocycles. The maximum atomic E-state index is 12.7. The summed E-state index contributed by atoms with van der Waals surface area (Å²) in [5, 5.41) is 14.0. The van der Waals surface area contributed by atoms with Crippen molar-refractivity contribution in [3.05, 3.63) is 44.6 Å². The number of H-pyrrole nitrogens is 1. The van der Waals surface area contributed by atoms with Crippen molar-refractivity contribution in [2.75, 3.05) is 29.9 Å². The van der Waals surface area contributed by atoms with Gasteiger partial charge >= 0.3 is 5.97 Å². The molecular formula is C18H18Br2ClN5O4. The zero-order valence-corrected chi connectivity index (χ0v) is 19.4. The number of benzene rings is 1. The van der Waals surface area contributed by atoms with E-state index in [1.54, 1.807) is 18.2 Å². The van der Waals surface area contributed by atoms with Crippen LogP contribution < -0.4 is 20.4 Å². The molecule has 1 aromatic heterocycles. The van der Waals surface area contributed by atoms with E-state index in [0.29, 0.717) is 39.2 Å². The third kappa shape index (κ3) is 5.34. The molecule has 0 aliphatic carbocycles. The molecule has 1 atom stereocenters. The molecule has 1 aromatic carbocycles.